The molecule has 4 heteroatoms. The fraction of sp³-hybridized carbons (Fsp3) is 0.154. The Labute approximate surface area is 109 Å². The Morgan fingerprint density at radius 2 is 2.00 bits per heavy atom. The summed E-state index contributed by atoms with van der Waals surface area (Å²) in [6.45, 7) is 0.466. The molecule has 0 radical (unpaired) electrons. The molecule has 2 aromatic rings. The average Bonchev–Trinajstić information content (AvgIpc) is 2.38. The summed E-state index contributed by atoms with van der Waals surface area (Å²) in [6.07, 6.45) is 1.68. The molecule has 0 amide bonds. The van der Waals surface area contributed by atoms with E-state index in [0.717, 1.165) is 21.7 Å². The number of aromatic nitrogens is 1. The zero-order valence-electron chi connectivity index (χ0n) is 9.39. The van der Waals surface area contributed by atoms with Crippen molar-refractivity contribution in [3.8, 4) is 11.5 Å². The molecule has 0 atom stereocenters. The van der Waals surface area contributed by atoms with E-state index in [1.54, 1.807) is 13.3 Å². The maximum atomic E-state index is 5.63. The lowest BCUT2D eigenvalue weighted by Gasteiger charge is -2.09. The van der Waals surface area contributed by atoms with Crippen LogP contribution in [0, 0.1) is 0 Å². The number of benzene rings is 1. The van der Waals surface area contributed by atoms with Crippen LogP contribution in [0.5, 0.6) is 11.5 Å². The second kappa shape index (κ2) is 5.68. The predicted molar refractivity (Wildman–Crippen MR) is 69.3 cm³/mol. The molecule has 1 aromatic carbocycles. The molecule has 0 saturated heterocycles. The Hall–Kier alpha value is -1.55. The van der Waals surface area contributed by atoms with E-state index in [1.807, 2.05) is 36.4 Å². The van der Waals surface area contributed by atoms with Gasteiger partial charge in [0, 0.05) is 5.56 Å². The number of methoxy groups -OCH3 is 1. The van der Waals surface area contributed by atoms with Crippen LogP contribution in [-0.4, -0.2) is 12.1 Å². The largest absolute Gasteiger partial charge is 0.496 e. The quantitative estimate of drug-likeness (QED) is 0.810. The molecule has 0 unspecified atom stereocenters. The molecule has 0 aliphatic heterocycles. The van der Waals surface area contributed by atoms with E-state index in [2.05, 4.69) is 20.9 Å². The normalized spacial score (nSPS) is 10.0. The third-order valence-corrected chi connectivity index (χ3v) is 2.76. The highest BCUT2D eigenvalue weighted by atomic mass is 79.9. The number of hydrogen-bond donors (Lipinski definition) is 0. The first-order valence-corrected chi connectivity index (χ1v) is 5.95. The van der Waals surface area contributed by atoms with Gasteiger partial charge in [-0.3, -0.25) is 0 Å². The molecule has 0 fully saturated rings. The van der Waals surface area contributed by atoms with Crippen LogP contribution in [0.1, 0.15) is 5.56 Å². The Kier molecular flexibility index (Phi) is 3.98. The molecule has 17 heavy (non-hydrogen) atoms. The number of halogens is 1. The summed E-state index contributed by atoms with van der Waals surface area (Å²) < 4.78 is 11.7. The molecular weight excluding hydrogens is 282 g/mol. The summed E-state index contributed by atoms with van der Waals surface area (Å²) in [5.41, 5.74) is 1.01. The minimum absolute atomic E-state index is 0.466. The Morgan fingerprint density at radius 1 is 1.18 bits per heavy atom. The molecule has 0 saturated carbocycles. The smallest absolute Gasteiger partial charge is 0.138 e. The average molecular weight is 294 g/mol. The molecule has 2 rings (SSSR count). The third kappa shape index (κ3) is 3.20. The molecule has 0 spiro atoms. The van der Waals surface area contributed by atoms with Gasteiger partial charge >= 0.3 is 0 Å². The van der Waals surface area contributed by atoms with Gasteiger partial charge in [0.2, 0.25) is 0 Å². The van der Waals surface area contributed by atoms with E-state index in [-0.39, 0.29) is 0 Å². The van der Waals surface area contributed by atoms with Gasteiger partial charge in [0.15, 0.2) is 0 Å². The highest BCUT2D eigenvalue weighted by Crippen LogP contribution is 2.20. The van der Waals surface area contributed by atoms with Crippen LogP contribution >= 0.6 is 15.9 Å². The van der Waals surface area contributed by atoms with E-state index >= 15 is 0 Å². The lowest BCUT2D eigenvalue weighted by molar-refractivity contribution is 0.295. The van der Waals surface area contributed by atoms with E-state index in [0.29, 0.717) is 6.61 Å². The maximum Gasteiger partial charge on any atom is 0.138 e. The van der Waals surface area contributed by atoms with Crippen molar-refractivity contribution in [2.24, 2.45) is 0 Å². The second-order valence-electron chi connectivity index (χ2n) is 3.42. The van der Waals surface area contributed by atoms with Gasteiger partial charge in [-0.05, 0) is 34.1 Å². The summed E-state index contributed by atoms with van der Waals surface area (Å²) in [4.78, 5) is 4.09. The summed E-state index contributed by atoms with van der Waals surface area (Å²) in [7, 11) is 1.65. The van der Waals surface area contributed by atoms with Crippen LogP contribution in [0.3, 0.4) is 0 Å². The van der Waals surface area contributed by atoms with Crippen molar-refractivity contribution in [1.82, 2.24) is 4.98 Å². The van der Waals surface area contributed by atoms with Gasteiger partial charge in [0.05, 0.1) is 13.3 Å². The lowest BCUT2D eigenvalue weighted by atomic mass is 10.2. The Bertz CT molecular complexity index is 485. The number of para-hydroxylation sites is 1. The highest BCUT2D eigenvalue weighted by molar-refractivity contribution is 9.10. The molecule has 88 valence electrons. The predicted octanol–water partition coefficient (Wildman–Crippen LogP) is 3.43. The monoisotopic (exact) mass is 293 g/mol. The lowest BCUT2D eigenvalue weighted by Crippen LogP contribution is -1.98. The van der Waals surface area contributed by atoms with Gasteiger partial charge in [-0.15, -0.1) is 0 Å². The van der Waals surface area contributed by atoms with E-state index in [9.17, 15) is 0 Å². The zero-order valence-corrected chi connectivity index (χ0v) is 11.0. The first-order chi connectivity index (χ1) is 8.29. The van der Waals surface area contributed by atoms with Crippen molar-refractivity contribution in [3.05, 3.63) is 52.8 Å². The van der Waals surface area contributed by atoms with Gasteiger partial charge in [-0.1, -0.05) is 18.2 Å². The maximum absolute atomic E-state index is 5.63. The molecule has 0 aliphatic rings. The minimum atomic E-state index is 0.466. The van der Waals surface area contributed by atoms with Gasteiger partial charge in [-0.25, -0.2) is 4.98 Å². The van der Waals surface area contributed by atoms with Gasteiger partial charge < -0.3 is 9.47 Å². The Morgan fingerprint density at radius 3 is 2.71 bits per heavy atom. The molecule has 1 heterocycles. The van der Waals surface area contributed by atoms with Crippen molar-refractivity contribution >= 4 is 15.9 Å². The van der Waals surface area contributed by atoms with E-state index in [1.165, 1.54) is 0 Å². The minimum Gasteiger partial charge on any atom is -0.496 e. The molecule has 0 aliphatic carbocycles. The number of rotatable bonds is 4. The van der Waals surface area contributed by atoms with Crippen LogP contribution in [0.4, 0.5) is 0 Å². The number of hydrogen-bond acceptors (Lipinski definition) is 3. The first kappa shape index (κ1) is 11.9. The standard InChI is InChI=1S/C13H12BrNO2/c1-16-12-5-3-2-4-10(12)9-17-11-6-7-13(14)15-8-11/h2-8H,9H2,1H3. The number of nitrogens with zero attached hydrogens (tertiary/aromatic N) is 1. The van der Waals surface area contributed by atoms with Gasteiger partial charge in [-0.2, -0.15) is 0 Å². The summed E-state index contributed by atoms with van der Waals surface area (Å²) >= 11 is 3.28. The molecule has 1 aromatic heterocycles. The van der Waals surface area contributed by atoms with Crippen molar-refractivity contribution in [2.75, 3.05) is 7.11 Å². The number of ether oxygens (including phenoxy) is 2. The summed E-state index contributed by atoms with van der Waals surface area (Å²) in [5.74, 6) is 1.57. The van der Waals surface area contributed by atoms with Crippen LogP contribution in [-0.2, 0) is 6.61 Å². The third-order valence-electron chi connectivity index (χ3n) is 2.29. The van der Waals surface area contributed by atoms with Gasteiger partial charge in [0.25, 0.3) is 0 Å². The van der Waals surface area contributed by atoms with Gasteiger partial charge in [0.1, 0.15) is 22.7 Å². The highest BCUT2D eigenvalue weighted by Gasteiger charge is 2.02. The Balaban J connectivity index is 2.04. The fourth-order valence-electron chi connectivity index (χ4n) is 1.43. The number of pyridine rings is 1. The van der Waals surface area contributed by atoms with Crippen LogP contribution in [0.15, 0.2) is 47.2 Å². The fourth-order valence-corrected chi connectivity index (χ4v) is 1.67. The van der Waals surface area contributed by atoms with Crippen molar-refractivity contribution < 1.29 is 9.47 Å². The molecule has 0 bridgehead atoms. The van der Waals surface area contributed by atoms with Crippen LogP contribution in [0.2, 0.25) is 0 Å². The van der Waals surface area contributed by atoms with E-state index in [4.69, 9.17) is 9.47 Å². The van der Waals surface area contributed by atoms with Crippen molar-refractivity contribution in [2.45, 2.75) is 6.61 Å². The summed E-state index contributed by atoms with van der Waals surface area (Å²) in [5, 5.41) is 0. The zero-order chi connectivity index (χ0) is 12.1. The topological polar surface area (TPSA) is 31.4 Å². The molecule has 0 N–H and O–H groups in total. The first-order valence-electron chi connectivity index (χ1n) is 5.16. The summed E-state index contributed by atoms with van der Waals surface area (Å²) in [6, 6.07) is 11.5. The molecule has 3 nitrogen and oxygen atoms in total. The van der Waals surface area contributed by atoms with Crippen molar-refractivity contribution in [1.29, 1.82) is 0 Å². The van der Waals surface area contributed by atoms with Crippen molar-refractivity contribution in [3.63, 3.8) is 0 Å². The van der Waals surface area contributed by atoms with Crippen LogP contribution < -0.4 is 9.47 Å². The SMILES string of the molecule is COc1ccccc1COc1ccc(Br)nc1. The molecular formula is C13H12BrNO2. The second-order valence-corrected chi connectivity index (χ2v) is 4.23. The van der Waals surface area contributed by atoms with E-state index < -0.39 is 0 Å². The van der Waals surface area contributed by atoms with Crippen LogP contribution in [0.25, 0.3) is 0 Å².